The number of amides is 1. The van der Waals surface area contributed by atoms with Crippen molar-refractivity contribution >= 4 is 44.9 Å². The van der Waals surface area contributed by atoms with Gasteiger partial charge in [0.2, 0.25) is 0 Å². The molecule has 30 heavy (non-hydrogen) atoms. The van der Waals surface area contributed by atoms with Crippen molar-refractivity contribution in [2.45, 2.75) is 39.2 Å². The number of hydrogen-bond donors (Lipinski definition) is 1. The van der Waals surface area contributed by atoms with Crippen molar-refractivity contribution in [1.82, 2.24) is 9.97 Å². The number of fused-ring (bicyclic) bond motifs is 1. The fraction of sp³-hybridized carbons (Fsp3) is 0.364. The molecule has 1 atom stereocenters. The van der Waals surface area contributed by atoms with Gasteiger partial charge in [-0.25, -0.2) is 14.8 Å². The largest absolute Gasteiger partial charge is 0.465 e. The molecule has 1 aliphatic rings. The summed E-state index contributed by atoms with van der Waals surface area (Å²) in [6, 6.07) is 7.21. The Hall–Kier alpha value is -3.00. The number of carbonyl (C=O) groups excluding carboxylic acids is 2. The first-order chi connectivity index (χ1) is 14.5. The van der Waals surface area contributed by atoms with Crippen LogP contribution in [0.25, 0.3) is 10.2 Å². The molecule has 3 aromatic rings. The van der Waals surface area contributed by atoms with Crippen LogP contribution in [0.4, 0.5) is 11.5 Å². The Morgan fingerprint density at radius 3 is 2.80 bits per heavy atom. The number of hydrogen-bond acceptors (Lipinski definition) is 7. The third-order valence-electron chi connectivity index (χ3n) is 5.57. The van der Waals surface area contributed by atoms with Crippen molar-refractivity contribution in [3.63, 3.8) is 0 Å². The summed E-state index contributed by atoms with van der Waals surface area (Å²) in [5.41, 5.74) is 1.59. The summed E-state index contributed by atoms with van der Waals surface area (Å²) in [7, 11) is 1.32. The van der Waals surface area contributed by atoms with Gasteiger partial charge in [0.25, 0.3) is 5.91 Å². The molecule has 0 bridgehead atoms. The molecule has 8 heteroatoms. The van der Waals surface area contributed by atoms with Crippen LogP contribution in [0.5, 0.6) is 0 Å². The van der Waals surface area contributed by atoms with Crippen LogP contribution in [0.2, 0.25) is 0 Å². The maximum atomic E-state index is 13.1. The first-order valence-electron chi connectivity index (χ1n) is 10.0. The number of nitrogens with zero attached hydrogens (tertiary/aromatic N) is 3. The van der Waals surface area contributed by atoms with Gasteiger partial charge in [0.05, 0.1) is 28.6 Å². The minimum Gasteiger partial charge on any atom is -0.465 e. The number of esters is 1. The number of benzene rings is 1. The molecule has 4 rings (SSSR count). The number of nitrogens with one attached hydrogen (secondary N) is 1. The number of methoxy groups -OCH3 is 1. The molecular formula is C22H24N4O3S. The molecule has 1 saturated heterocycles. The number of thiophene rings is 1. The van der Waals surface area contributed by atoms with Gasteiger partial charge in [-0.15, -0.1) is 11.3 Å². The molecular weight excluding hydrogens is 400 g/mol. The van der Waals surface area contributed by atoms with Crippen LogP contribution >= 0.6 is 11.3 Å². The average Bonchev–Trinajstić information content (AvgIpc) is 3.11. The van der Waals surface area contributed by atoms with Crippen LogP contribution in [0.1, 0.15) is 51.8 Å². The predicted molar refractivity (Wildman–Crippen MR) is 119 cm³/mol. The monoisotopic (exact) mass is 424 g/mol. The summed E-state index contributed by atoms with van der Waals surface area (Å²) in [5.74, 6) is 0.130. The Bertz CT molecular complexity index is 1110. The van der Waals surface area contributed by atoms with Gasteiger partial charge in [-0.2, -0.15) is 0 Å². The number of ether oxygens (including phenoxy) is 1. The van der Waals surface area contributed by atoms with E-state index in [0.717, 1.165) is 41.0 Å². The van der Waals surface area contributed by atoms with Gasteiger partial charge in [-0.05, 0) is 50.8 Å². The van der Waals surface area contributed by atoms with Crippen LogP contribution in [0.3, 0.4) is 0 Å². The zero-order valence-corrected chi connectivity index (χ0v) is 18.1. The molecule has 1 N–H and O–H groups in total. The van der Waals surface area contributed by atoms with Crippen LogP contribution in [-0.4, -0.2) is 41.5 Å². The highest BCUT2D eigenvalue weighted by atomic mass is 32.1. The van der Waals surface area contributed by atoms with Crippen molar-refractivity contribution < 1.29 is 14.3 Å². The minimum atomic E-state index is -0.494. The minimum absolute atomic E-state index is 0.274. The van der Waals surface area contributed by atoms with Crippen molar-refractivity contribution in [3.05, 3.63) is 46.6 Å². The summed E-state index contributed by atoms with van der Waals surface area (Å²) in [4.78, 5) is 37.8. The highest BCUT2D eigenvalue weighted by Gasteiger charge is 2.26. The number of aryl methyl sites for hydroxylation is 1. The molecule has 3 heterocycles. The Kier molecular flexibility index (Phi) is 5.67. The van der Waals surface area contributed by atoms with E-state index in [0.29, 0.717) is 22.2 Å². The number of rotatable bonds is 4. The molecule has 1 fully saturated rings. The van der Waals surface area contributed by atoms with Gasteiger partial charge in [0.15, 0.2) is 0 Å². The topological polar surface area (TPSA) is 84.4 Å². The molecule has 1 amide bonds. The maximum Gasteiger partial charge on any atom is 0.339 e. The molecule has 7 nitrogen and oxygen atoms in total. The highest BCUT2D eigenvalue weighted by Crippen LogP contribution is 2.37. The van der Waals surface area contributed by atoms with E-state index < -0.39 is 5.97 Å². The first-order valence-corrected chi connectivity index (χ1v) is 10.8. The van der Waals surface area contributed by atoms with Crippen LogP contribution in [0.15, 0.2) is 30.6 Å². The summed E-state index contributed by atoms with van der Waals surface area (Å²) >= 11 is 1.34. The van der Waals surface area contributed by atoms with E-state index in [1.165, 1.54) is 24.9 Å². The number of anilines is 2. The molecule has 1 unspecified atom stereocenters. The Morgan fingerprint density at radius 2 is 2.03 bits per heavy atom. The zero-order chi connectivity index (χ0) is 21.3. The molecule has 0 spiro atoms. The van der Waals surface area contributed by atoms with E-state index in [2.05, 4.69) is 27.1 Å². The lowest BCUT2D eigenvalue weighted by Gasteiger charge is -2.34. The lowest BCUT2D eigenvalue weighted by atomic mass is 10.0. The SMILES string of the molecule is COC(=O)c1ccccc1NC(=O)c1sc2ncnc(N3CCCCC3C)c2c1C. The fourth-order valence-corrected chi connectivity index (χ4v) is 5.00. The normalized spacial score (nSPS) is 16.5. The predicted octanol–water partition coefficient (Wildman–Crippen LogP) is 4.42. The first kappa shape index (κ1) is 20.3. The van der Waals surface area contributed by atoms with Crippen molar-refractivity contribution in [1.29, 1.82) is 0 Å². The van der Waals surface area contributed by atoms with Gasteiger partial charge in [0, 0.05) is 12.6 Å². The van der Waals surface area contributed by atoms with Gasteiger partial charge >= 0.3 is 5.97 Å². The Balaban J connectivity index is 1.71. The van der Waals surface area contributed by atoms with Crippen molar-refractivity contribution in [3.8, 4) is 0 Å². The molecule has 2 aromatic heterocycles. The molecule has 0 saturated carbocycles. The summed E-state index contributed by atoms with van der Waals surface area (Å²) < 4.78 is 4.82. The Morgan fingerprint density at radius 1 is 1.23 bits per heavy atom. The molecule has 1 aliphatic heterocycles. The molecule has 0 radical (unpaired) electrons. The molecule has 156 valence electrons. The highest BCUT2D eigenvalue weighted by molar-refractivity contribution is 7.20. The van der Waals surface area contributed by atoms with Crippen molar-refractivity contribution in [2.24, 2.45) is 0 Å². The van der Waals surface area contributed by atoms with Gasteiger partial charge in [0.1, 0.15) is 17.0 Å². The molecule has 0 aliphatic carbocycles. The van der Waals surface area contributed by atoms with E-state index >= 15 is 0 Å². The maximum absolute atomic E-state index is 13.1. The lowest BCUT2D eigenvalue weighted by molar-refractivity contribution is 0.0602. The third kappa shape index (κ3) is 3.63. The second kappa shape index (κ2) is 8.39. The summed E-state index contributed by atoms with van der Waals surface area (Å²) in [5, 5.41) is 3.79. The zero-order valence-electron chi connectivity index (χ0n) is 17.3. The number of aromatic nitrogens is 2. The fourth-order valence-electron chi connectivity index (χ4n) is 3.96. The number of carbonyl (C=O) groups is 2. The second-order valence-electron chi connectivity index (χ2n) is 7.46. The summed E-state index contributed by atoms with van der Waals surface area (Å²) in [6.07, 6.45) is 5.06. The second-order valence-corrected chi connectivity index (χ2v) is 8.46. The van der Waals surface area contributed by atoms with Gasteiger partial charge in [-0.1, -0.05) is 12.1 Å². The summed E-state index contributed by atoms with van der Waals surface area (Å²) in [6.45, 7) is 5.10. The van der Waals surface area contributed by atoms with E-state index in [-0.39, 0.29) is 5.91 Å². The van der Waals surface area contributed by atoms with E-state index in [1.54, 1.807) is 30.6 Å². The Labute approximate surface area is 179 Å². The van der Waals surface area contributed by atoms with Crippen LogP contribution in [0, 0.1) is 6.92 Å². The quantitative estimate of drug-likeness (QED) is 0.624. The van der Waals surface area contributed by atoms with Crippen molar-refractivity contribution in [2.75, 3.05) is 23.9 Å². The van der Waals surface area contributed by atoms with E-state index in [4.69, 9.17) is 4.74 Å². The molecule has 1 aromatic carbocycles. The smallest absolute Gasteiger partial charge is 0.339 e. The lowest BCUT2D eigenvalue weighted by Crippen LogP contribution is -2.38. The van der Waals surface area contributed by atoms with E-state index in [1.807, 2.05) is 6.92 Å². The standard InChI is InChI=1S/C22H24N4O3S/c1-13-8-6-7-11-26(13)19-17-14(2)18(30-21(17)24-12-23-19)20(27)25-16-10-5-4-9-15(16)22(28)29-3/h4-5,9-10,12-13H,6-8,11H2,1-3H3,(H,25,27). The van der Waals surface area contributed by atoms with Gasteiger partial charge < -0.3 is 15.0 Å². The van der Waals surface area contributed by atoms with Crippen LogP contribution in [-0.2, 0) is 4.74 Å². The number of piperidine rings is 1. The third-order valence-corrected chi connectivity index (χ3v) is 6.77. The van der Waals surface area contributed by atoms with Crippen LogP contribution < -0.4 is 10.2 Å². The number of para-hydroxylation sites is 1. The van der Waals surface area contributed by atoms with E-state index in [9.17, 15) is 9.59 Å². The average molecular weight is 425 g/mol. The van der Waals surface area contributed by atoms with Gasteiger partial charge in [-0.3, -0.25) is 4.79 Å².